The Balaban J connectivity index is 1.80. The van der Waals surface area contributed by atoms with Crippen molar-refractivity contribution in [2.24, 2.45) is 0 Å². The maximum absolute atomic E-state index is 12.9. The molecule has 0 fully saturated rings. The second kappa shape index (κ2) is 6.61. The number of hydrogen-bond donors (Lipinski definition) is 1. The van der Waals surface area contributed by atoms with Gasteiger partial charge < -0.3 is 0 Å². The molecule has 1 N–H and O–H groups in total. The van der Waals surface area contributed by atoms with Crippen LogP contribution in [0.25, 0.3) is 0 Å². The molecule has 23 heavy (non-hydrogen) atoms. The fraction of sp³-hybridized carbons (Fsp3) is 0.133. The largest absolute Gasteiger partial charge is 0.263 e. The van der Waals surface area contributed by atoms with Crippen molar-refractivity contribution in [1.29, 1.82) is 0 Å². The lowest BCUT2D eigenvalue weighted by Gasteiger charge is -2.17. The highest BCUT2D eigenvalue weighted by molar-refractivity contribution is 7.89. The van der Waals surface area contributed by atoms with Gasteiger partial charge >= 0.3 is 0 Å². The Morgan fingerprint density at radius 1 is 1.22 bits per heavy atom. The fourth-order valence-corrected chi connectivity index (χ4v) is 4.01. The van der Waals surface area contributed by atoms with Crippen molar-refractivity contribution in [3.63, 3.8) is 0 Å². The molecule has 120 valence electrons. The summed E-state index contributed by atoms with van der Waals surface area (Å²) in [6, 6.07) is 10.1. The number of hydrogen-bond acceptors (Lipinski definition) is 4. The molecule has 1 aromatic carbocycles. The van der Waals surface area contributed by atoms with Crippen LogP contribution >= 0.6 is 11.3 Å². The Morgan fingerprint density at radius 3 is 2.61 bits per heavy atom. The Labute approximate surface area is 137 Å². The molecule has 0 spiro atoms. The summed E-state index contributed by atoms with van der Waals surface area (Å²) >= 11 is 1.53. The van der Waals surface area contributed by atoms with Crippen molar-refractivity contribution in [2.75, 3.05) is 6.54 Å². The average molecular weight is 351 g/mol. The smallest absolute Gasteiger partial charge is 0.240 e. The van der Waals surface area contributed by atoms with Gasteiger partial charge in [-0.15, -0.1) is 11.3 Å². The molecule has 0 saturated heterocycles. The number of nitrogens with zero attached hydrogens (tertiary/aromatic N) is 2. The van der Waals surface area contributed by atoms with E-state index in [2.05, 4.69) is 9.82 Å². The standard InChI is InChI=1S/C15H14FN3O2S2/c16-12-4-6-13(7-5-12)23(20,21)18-11-14(15-3-1-10-22-15)19-9-2-8-17-19/h1-10,14,18H,11H2. The summed E-state index contributed by atoms with van der Waals surface area (Å²) in [5.74, 6) is -0.475. The molecular formula is C15H14FN3O2S2. The van der Waals surface area contributed by atoms with Crippen molar-refractivity contribution >= 4 is 21.4 Å². The molecule has 0 amide bonds. The predicted molar refractivity (Wildman–Crippen MR) is 86.3 cm³/mol. The molecule has 0 bridgehead atoms. The first kappa shape index (κ1) is 15.9. The van der Waals surface area contributed by atoms with Crippen molar-refractivity contribution in [1.82, 2.24) is 14.5 Å². The number of halogens is 1. The molecule has 2 heterocycles. The summed E-state index contributed by atoms with van der Waals surface area (Å²) in [5, 5.41) is 6.13. The highest BCUT2D eigenvalue weighted by atomic mass is 32.2. The van der Waals surface area contributed by atoms with Gasteiger partial charge in [0.2, 0.25) is 10.0 Å². The van der Waals surface area contributed by atoms with Crippen LogP contribution in [0.1, 0.15) is 10.9 Å². The van der Waals surface area contributed by atoms with Gasteiger partial charge in [-0.3, -0.25) is 4.68 Å². The van der Waals surface area contributed by atoms with Gasteiger partial charge in [-0.05, 0) is 41.8 Å². The predicted octanol–water partition coefficient (Wildman–Crippen LogP) is 2.65. The monoisotopic (exact) mass is 351 g/mol. The van der Waals surface area contributed by atoms with Crippen molar-refractivity contribution in [3.8, 4) is 0 Å². The average Bonchev–Trinajstić information content (AvgIpc) is 3.21. The van der Waals surface area contributed by atoms with Crippen LogP contribution in [-0.4, -0.2) is 24.7 Å². The zero-order chi connectivity index (χ0) is 16.3. The quantitative estimate of drug-likeness (QED) is 0.743. The van der Waals surface area contributed by atoms with Crippen LogP contribution in [0.5, 0.6) is 0 Å². The maximum Gasteiger partial charge on any atom is 0.240 e. The fourth-order valence-electron chi connectivity index (χ4n) is 2.16. The third-order valence-electron chi connectivity index (χ3n) is 3.31. The number of nitrogens with one attached hydrogen (secondary N) is 1. The van der Waals surface area contributed by atoms with Gasteiger partial charge in [0.1, 0.15) is 5.82 Å². The minimum absolute atomic E-state index is 0.0318. The Morgan fingerprint density at radius 2 is 2.00 bits per heavy atom. The van der Waals surface area contributed by atoms with Crippen LogP contribution in [0, 0.1) is 5.82 Å². The third kappa shape index (κ3) is 3.66. The van der Waals surface area contributed by atoms with Crippen molar-refractivity contribution in [3.05, 3.63) is 70.9 Å². The van der Waals surface area contributed by atoms with E-state index in [-0.39, 0.29) is 17.5 Å². The van der Waals surface area contributed by atoms with E-state index < -0.39 is 15.8 Å². The second-order valence-electron chi connectivity index (χ2n) is 4.82. The van der Waals surface area contributed by atoms with Gasteiger partial charge in [-0.25, -0.2) is 17.5 Å². The molecule has 8 heteroatoms. The zero-order valence-corrected chi connectivity index (χ0v) is 13.6. The number of benzene rings is 1. The summed E-state index contributed by atoms with van der Waals surface area (Å²) in [7, 11) is -3.71. The molecule has 0 aliphatic carbocycles. The second-order valence-corrected chi connectivity index (χ2v) is 7.57. The molecule has 0 saturated carbocycles. The first-order chi connectivity index (χ1) is 11.1. The van der Waals surface area contributed by atoms with Crippen LogP contribution in [0.3, 0.4) is 0 Å². The van der Waals surface area contributed by atoms with E-state index in [1.807, 2.05) is 17.5 Å². The topological polar surface area (TPSA) is 64.0 Å². The number of thiophene rings is 1. The van der Waals surface area contributed by atoms with Crippen molar-refractivity contribution < 1.29 is 12.8 Å². The SMILES string of the molecule is O=S(=O)(NCC(c1cccs1)n1cccn1)c1ccc(F)cc1. The Bertz CT molecular complexity index is 811. The van der Waals surface area contributed by atoms with Gasteiger partial charge in [-0.2, -0.15) is 5.10 Å². The molecule has 0 radical (unpaired) electrons. The number of aromatic nitrogens is 2. The van der Waals surface area contributed by atoms with Crippen LogP contribution in [0.15, 0.2) is 65.1 Å². The molecule has 2 aromatic heterocycles. The first-order valence-corrected chi connectivity index (χ1v) is 9.20. The highest BCUT2D eigenvalue weighted by Crippen LogP contribution is 2.22. The summed E-state index contributed by atoms with van der Waals surface area (Å²) in [5.41, 5.74) is 0. The van der Waals surface area contributed by atoms with Gasteiger partial charge in [0.25, 0.3) is 0 Å². The van der Waals surface area contributed by atoms with E-state index in [1.165, 1.54) is 23.5 Å². The number of rotatable bonds is 6. The molecule has 0 aliphatic heterocycles. The van der Waals surface area contributed by atoms with Crippen molar-refractivity contribution in [2.45, 2.75) is 10.9 Å². The summed E-state index contributed by atoms with van der Waals surface area (Å²) in [6.45, 7) is 0.155. The van der Waals surface area contributed by atoms with E-state index >= 15 is 0 Å². The maximum atomic E-state index is 12.9. The lowest BCUT2D eigenvalue weighted by Crippen LogP contribution is -2.31. The molecule has 3 aromatic rings. The van der Waals surface area contributed by atoms with Crippen LogP contribution in [-0.2, 0) is 10.0 Å². The number of sulfonamides is 1. The van der Waals surface area contributed by atoms with Crippen LogP contribution < -0.4 is 4.72 Å². The molecule has 1 unspecified atom stereocenters. The summed E-state index contributed by atoms with van der Waals surface area (Å²) < 4.78 is 41.9. The molecule has 1 atom stereocenters. The summed E-state index contributed by atoms with van der Waals surface area (Å²) in [4.78, 5) is 1.03. The van der Waals surface area contributed by atoms with Gasteiger partial charge in [0, 0.05) is 23.8 Å². The molecule has 0 aliphatic rings. The van der Waals surface area contributed by atoms with E-state index in [9.17, 15) is 12.8 Å². The molecule has 3 rings (SSSR count). The van der Waals surface area contributed by atoms with Gasteiger partial charge in [0.05, 0.1) is 10.9 Å². The molecule has 5 nitrogen and oxygen atoms in total. The van der Waals surface area contributed by atoms with E-state index in [0.29, 0.717) is 0 Å². The lowest BCUT2D eigenvalue weighted by molar-refractivity contribution is 0.511. The Hall–Kier alpha value is -2.03. The van der Waals surface area contributed by atoms with E-state index in [0.717, 1.165) is 17.0 Å². The van der Waals surface area contributed by atoms with Crippen LogP contribution in [0.4, 0.5) is 4.39 Å². The summed E-state index contributed by atoms with van der Waals surface area (Å²) in [6.07, 6.45) is 3.44. The first-order valence-electron chi connectivity index (χ1n) is 6.84. The van der Waals surface area contributed by atoms with E-state index in [1.54, 1.807) is 23.1 Å². The minimum atomic E-state index is -3.71. The lowest BCUT2D eigenvalue weighted by atomic mass is 10.2. The van der Waals surface area contributed by atoms with Gasteiger partial charge in [-0.1, -0.05) is 6.07 Å². The van der Waals surface area contributed by atoms with Crippen LogP contribution in [0.2, 0.25) is 0 Å². The van der Waals surface area contributed by atoms with Gasteiger partial charge in [0.15, 0.2) is 0 Å². The molecular weight excluding hydrogens is 337 g/mol. The third-order valence-corrected chi connectivity index (χ3v) is 5.72. The minimum Gasteiger partial charge on any atom is -0.263 e. The van der Waals surface area contributed by atoms with E-state index in [4.69, 9.17) is 0 Å². The Kier molecular flexibility index (Phi) is 4.56. The highest BCUT2D eigenvalue weighted by Gasteiger charge is 2.20. The zero-order valence-electron chi connectivity index (χ0n) is 12.0. The normalized spacial score (nSPS) is 13.1.